The maximum Gasteiger partial charge on any atom is 0.269 e. The highest BCUT2D eigenvalue weighted by Gasteiger charge is 2.33. The lowest BCUT2D eigenvalue weighted by Gasteiger charge is -2.17. The number of carbonyl (C=O) groups excluding carboxylic acids is 1. The highest BCUT2D eigenvalue weighted by atomic mass is 35.5. The van der Waals surface area contributed by atoms with Gasteiger partial charge >= 0.3 is 0 Å². The first-order valence-corrected chi connectivity index (χ1v) is 13.7. The summed E-state index contributed by atoms with van der Waals surface area (Å²) < 4.78 is 52.0. The van der Waals surface area contributed by atoms with Gasteiger partial charge in [0.05, 0.1) is 32.1 Å². The van der Waals surface area contributed by atoms with Crippen LogP contribution in [0.3, 0.4) is 0 Å². The fourth-order valence-corrected chi connectivity index (χ4v) is 6.67. The van der Waals surface area contributed by atoms with Crippen molar-refractivity contribution >= 4 is 54.3 Å². The number of nitrogens with zero attached hydrogens (tertiary/aromatic N) is 1. The van der Waals surface area contributed by atoms with Gasteiger partial charge in [0.2, 0.25) is 0 Å². The fourth-order valence-electron chi connectivity index (χ4n) is 3.19. The summed E-state index contributed by atoms with van der Waals surface area (Å²) in [6.45, 7) is 0. The summed E-state index contributed by atoms with van der Waals surface area (Å²) in [6, 6.07) is 15.0. The average Bonchev–Trinajstić information content (AvgIpc) is 2.78. The molecule has 0 bridgehead atoms. The number of carbonyl (C=O) groups is 1. The van der Waals surface area contributed by atoms with Gasteiger partial charge in [0.15, 0.2) is 25.5 Å². The van der Waals surface area contributed by atoms with Crippen LogP contribution < -0.4 is 0 Å². The van der Waals surface area contributed by atoms with E-state index in [2.05, 4.69) is 0 Å². The molecule has 12 heteroatoms. The second kappa shape index (κ2) is 10.2. The third-order valence-corrected chi connectivity index (χ3v) is 9.09. The Morgan fingerprint density at radius 2 is 1.12 bits per heavy atom. The second-order valence-corrected chi connectivity index (χ2v) is 12.3. The summed E-state index contributed by atoms with van der Waals surface area (Å²) in [5.41, 5.74) is -0.316. The van der Waals surface area contributed by atoms with Crippen LogP contribution in [0.15, 0.2) is 82.6 Å². The number of hydrogen-bond donors (Lipinski definition) is 0. The molecule has 0 aliphatic rings. The number of benzene rings is 3. The normalized spacial score (nSPS) is 12.0. The summed E-state index contributed by atoms with van der Waals surface area (Å²) in [5, 5.41) is 11.5. The minimum atomic E-state index is -4.09. The van der Waals surface area contributed by atoms with Gasteiger partial charge in [-0.1, -0.05) is 23.2 Å². The molecule has 3 aromatic rings. The predicted molar refractivity (Wildman–Crippen MR) is 128 cm³/mol. The summed E-state index contributed by atoms with van der Waals surface area (Å²) in [5.74, 6) is -3.85. The van der Waals surface area contributed by atoms with E-state index in [0.29, 0.717) is 10.0 Å². The Bertz CT molecular complexity index is 1340. The van der Waals surface area contributed by atoms with Gasteiger partial charge in [-0.05, 0) is 60.7 Å². The molecule has 0 heterocycles. The number of nitro groups is 1. The summed E-state index contributed by atoms with van der Waals surface area (Å²) in [7, 11) is -8.17. The van der Waals surface area contributed by atoms with Crippen molar-refractivity contribution in [2.24, 2.45) is 5.92 Å². The highest BCUT2D eigenvalue weighted by molar-refractivity contribution is 7.92. The first kappa shape index (κ1) is 25.8. The standard InChI is InChI=1S/C22H17Cl2NO7S2/c23-17-3-9-20(10-4-17)33(29,30)13-16(14-34(31,32)21-11-5-18(24)6-12-21)22(26)15-1-7-19(8-2-15)25(27)28/h1-12,16H,13-14H2. The van der Waals surface area contributed by atoms with Crippen LogP contribution in [0, 0.1) is 16.0 Å². The Hall–Kier alpha value is -2.79. The molecule has 3 rings (SSSR count). The van der Waals surface area contributed by atoms with Crippen LogP contribution in [0.25, 0.3) is 0 Å². The van der Waals surface area contributed by atoms with Crippen LogP contribution in [-0.2, 0) is 19.7 Å². The molecule has 34 heavy (non-hydrogen) atoms. The van der Waals surface area contributed by atoms with Crippen molar-refractivity contribution in [2.45, 2.75) is 9.79 Å². The van der Waals surface area contributed by atoms with Crippen molar-refractivity contribution in [3.8, 4) is 0 Å². The maximum atomic E-state index is 13.2. The monoisotopic (exact) mass is 541 g/mol. The molecular formula is C22H17Cl2NO7S2. The Morgan fingerprint density at radius 3 is 1.47 bits per heavy atom. The molecule has 0 radical (unpaired) electrons. The zero-order valence-corrected chi connectivity index (χ0v) is 20.4. The summed E-state index contributed by atoms with van der Waals surface area (Å²) >= 11 is 11.6. The lowest BCUT2D eigenvalue weighted by Crippen LogP contribution is -2.31. The Balaban J connectivity index is 1.99. The quantitative estimate of drug-likeness (QED) is 0.219. The third-order valence-electron chi connectivity index (χ3n) is 4.92. The lowest BCUT2D eigenvalue weighted by molar-refractivity contribution is -0.384. The van der Waals surface area contributed by atoms with Gasteiger partial charge in [0.1, 0.15) is 0 Å². The molecule has 0 N–H and O–H groups in total. The number of ketones is 1. The first-order chi connectivity index (χ1) is 15.9. The van der Waals surface area contributed by atoms with Gasteiger partial charge < -0.3 is 0 Å². The number of Topliss-reactive ketones (excluding diaryl/α,β-unsaturated/α-hetero) is 1. The maximum absolute atomic E-state index is 13.2. The van der Waals surface area contributed by atoms with Crippen LogP contribution in [0.4, 0.5) is 5.69 Å². The van der Waals surface area contributed by atoms with E-state index in [1.807, 2.05) is 0 Å². The molecule has 0 saturated heterocycles. The first-order valence-electron chi connectivity index (χ1n) is 9.64. The number of nitro benzene ring substituents is 1. The van der Waals surface area contributed by atoms with E-state index in [4.69, 9.17) is 23.2 Å². The zero-order chi connectivity index (χ0) is 25.1. The Labute approximate surface area is 206 Å². The van der Waals surface area contributed by atoms with Crippen molar-refractivity contribution in [2.75, 3.05) is 11.5 Å². The summed E-state index contributed by atoms with van der Waals surface area (Å²) in [6.07, 6.45) is 0. The minimum absolute atomic E-state index is 0.0480. The van der Waals surface area contributed by atoms with Crippen LogP contribution in [0.5, 0.6) is 0 Å². The molecule has 3 aromatic carbocycles. The molecule has 0 fully saturated rings. The minimum Gasteiger partial charge on any atom is -0.294 e. The van der Waals surface area contributed by atoms with Crippen molar-refractivity contribution in [3.63, 3.8) is 0 Å². The number of hydrogen-bond acceptors (Lipinski definition) is 7. The van der Waals surface area contributed by atoms with Gasteiger partial charge in [-0.15, -0.1) is 0 Å². The van der Waals surface area contributed by atoms with Gasteiger partial charge in [0.25, 0.3) is 5.69 Å². The highest BCUT2D eigenvalue weighted by Crippen LogP contribution is 2.24. The van der Waals surface area contributed by atoms with E-state index >= 15 is 0 Å². The topological polar surface area (TPSA) is 128 Å². The van der Waals surface area contributed by atoms with Crippen molar-refractivity contribution in [1.82, 2.24) is 0 Å². The zero-order valence-electron chi connectivity index (χ0n) is 17.3. The number of non-ortho nitro benzene ring substituents is 1. The van der Waals surface area contributed by atoms with E-state index in [1.54, 1.807) is 0 Å². The molecule has 0 spiro atoms. The smallest absolute Gasteiger partial charge is 0.269 e. The van der Waals surface area contributed by atoms with Gasteiger partial charge in [-0.25, -0.2) is 16.8 Å². The van der Waals surface area contributed by atoms with Crippen molar-refractivity contribution in [1.29, 1.82) is 0 Å². The molecule has 0 unspecified atom stereocenters. The van der Waals surface area contributed by atoms with Crippen molar-refractivity contribution in [3.05, 3.63) is 98.5 Å². The van der Waals surface area contributed by atoms with E-state index in [1.165, 1.54) is 48.5 Å². The van der Waals surface area contributed by atoms with Gasteiger partial charge in [-0.3, -0.25) is 14.9 Å². The Morgan fingerprint density at radius 1 is 0.735 bits per heavy atom. The van der Waals surface area contributed by atoms with Crippen LogP contribution in [0.2, 0.25) is 10.0 Å². The van der Waals surface area contributed by atoms with E-state index in [9.17, 15) is 31.7 Å². The van der Waals surface area contributed by atoms with Gasteiger partial charge in [0, 0.05) is 27.7 Å². The van der Waals surface area contributed by atoms with Crippen LogP contribution in [0.1, 0.15) is 10.4 Å². The summed E-state index contributed by atoms with van der Waals surface area (Å²) in [4.78, 5) is 23.2. The molecule has 0 aromatic heterocycles. The largest absolute Gasteiger partial charge is 0.294 e. The molecule has 0 aliphatic heterocycles. The van der Waals surface area contributed by atoms with Crippen LogP contribution >= 0.6 is 23.2 Å². The van der Waals surface area contributed by atoms with Crippen LogP contribution in [-0.4, -0.2) is 39.0 Å². The molecule has 0 saturated carbocycles. The lowest BCUT2D eigenvalue weighted by atomic mass is 10.0. The van der Waals surface area contributed by atoms with E-state index < -0.39 is 47.8 Å². The second-order valence-electron chi connectivity index (χ2n) is 7.34. The molecule has 178 valence electrons. The average molecular weight is 542 g/mol. The molecular weight excluding hydrogens is 525 g/mol. The SMILES string of the molecule is O=C(c1ccc([N+](=O)[O-])cc1)C(CS(=O)(=O)c1ccc(Cl)cc1)CS(=O)(=O)c1ccc(Cl)cc1. The molecule has 0 amide bonds. The predicted octanol–water partition coefficient (Wildman–Crippen LogP) is 4.65. The number of halogens is 2. The number of sulfone groups is 2. The van der Waals surface area contributed by atoms with E-state index in [0.717, 1.165) is 24.3 Å². The molecule has 0 aliphatic carbocycles. The van der Waals surface area contributed by atoms with Gasteiger partial charge in [-0.2, -0.15) is 0 Å². The fraction of sp³-hybridized carbons (Fsp3) is 0.136. The third kappa shape index (κ3) is 6.20. The molecule has 8 nitrogen and oxygen atoms in total. The van der Waals surface area contributed by atoms with Crippen molar-refractivity contribution < 1.29 is 26.6 Å². The van der Waals surface area contributed by atoms with E-state index in [-0.39, 0.29) is 21.0 Å². The Kier molecular flexibility index (Phi) is 7.77. The number of rotatable bonds is 9. The molecule has 0 atom stereocenters.